The minimum atomic E-state index is -0.954. The number of carbonyl (C=O) groups excluding carboxylic acids is 3. The Hall–Kier alpha value is -6.13. The molecule has 332 valence electrons. The number of aromatic hydroxyl groups is 1. The second-order valence-corrected chi connectivity index (χ2v) is 16.3. The predicted molar refractivity (Wildman–Crippen MR) is 241 cm³/mol. The van der Waals surface area contributed by atoms with Crippen molar-refractivity contribution in [3.8, 4) is 22.6 Å². The molecule has 0 bridgehead atoms. The van der Waals surface area contributed by atoms with E-state index in [1.54, 1.807) is 24.3 Å². The summed E-state index contributed by atoms with van der Waals surface area (Å²) in [6, 6.07) is 26.7. The molecule has 1 aromatic heterocycles. The topological polar surface area (TPSA) is 195 Å². The van der Waals surface area contributed by atoms with Crippen molar-refractivity contribution in [1.29, 1.82) is 0 Å². The maximum absolute atomic E-state index is 13.1. The number of hydrogen-bond donors (Lipinski definition) is 6. The van der Waals surface area contributed by atoms with Crippen molar-refractivity contribution >= 4 is 52.0 Å². The molecule has 3 amide bonds. The summed E-state index contributed by atoms with van der Waals surface area (Å²) in [5.41, 5.74) is 4.06. The van der Waals surface area contributed by atoms with Gasteiger partial charge in [0.25, 0.3) is 0 Å². The number of rotatable bonds is 15. The van der Waals surface area contributed by atoms with Gasteiger partial charge >= 0.3 is 12.2 Å². The number of ether oxygens (including phenoxy) is 3. The number of fused-ring (bicyclic) bond motifs is 1. The lowest BCUT2D eigenvalue weighted by Gasteiger charge is -2.34. The average Bonchev–Trinajstić information content (AvgIpc) is 3.29. The van der Waals surface area contributed by atoms with E-state index in [9.17, 15) is 29.4 Å². The van der Waals surface area contributed by atoms with Crippen LogP contribution in [0.4, 0.5) is 21.0 Å². The number of nitrogens with zero attached hydrogens (tertiary/aromatic N) is 2. The first-order valence-electron chi connectivity index (χ1n) is 21.2. The highest BCUT2D eigenvalue weighted by Crippen LogP contribution is 2.33. The largest absolute Gasteiger partial charge is 0.506 e. The van der Waals surface area contributed by atoms with Gasteiger partial charge in [0, 0.05) is 80.9 Å². The van der Waals surface area contributed by atoms with Crippen LogP contribution in [0.5, 0.6) is 11.5 Å². The number of aromatic nitrogens is 1. The zero-order valence-electron chi connectivity index (χ0n) is 35.1. The number of halogens is 1. The molecule has 7 rings (SSSR count). The van der Waals surface area contributed by atoms with Crippen LogP contribution in [0.2, 0.25) is 5.02 Å². The maximum atomic E-state index is 13.1. The van der Waals surface area contributed by atoms with E-state index in [0.29, 0.717) is 85.4 Å². The molecule has 0 saturated carbocycles. The number of aromatic amines is 1. The quantitative estimate of drug-likeness (QED) is 0.0619. The lowest BCUT2D eigenvalue weighted by Crippen LogP contribution is -2.43. The molecular formula is C47H53ClN6O9. The predicted octanol–water partition coefficient (Wildman–Crippen LogP) is 7.28. The number of aliphatic hydroxyl groups excluding tert-OH is 1. The molecule has 4 aromatic carbocycles. The molecule has 63 heavy (non-hydrogen) atoms. The van der Waals surface area contributed by atoms with Crippen LogP contribution >= 0.6 is 11.6 Å². The van der Waals surface area contributed by atoms with E-state index < -0.39 is 18.3 Å². The van der Waals surface area contributed by atoms with E-state index in [-0.39, 0.29) is 59.5 Å². The van der Waals surface area contributed by atoms with Gasteiger partial charge in [0.05, 0.1) is 41.7 Å². The number of phenolic OH excluding ortho intramolecular Hbond substituents is 1. The SMILES string of the molecule is COc1cc(NC(=O)OCC2CCN(C(=O)CCN3CCC(OC(=O)Nc4ccccc4-c4ccccc4)CC3)CC2)c(Cl)cc1CNCC(O)c1ccc(O)c2[nH]c(=O)ccc12. The molecule has 3 heterocycles. The third-order valence-electron chi connectivity index (χ3n) is 11.6. The van der Waals surface area contributed by atoms with Crippen LogP contribution in [0.15, 0.2) is 95.8 Å². The molecular weight excluding hydrogens is 828 g/mol. The highest BCUT2D eigenvalue weighted by molar-refractivity contribution is 6.33. The first-order chi connectivity index (χ1) is 30.5. The van der Waals surface area contributed by atoms with Gasteiger partial charge in [-0.25, -0.2) is 9.59 Å². The fourth-order valence-corrected chi connectivity index (χ4v) is 8.36. The molecule has 0 radical (unpaired) electrons. The monoisotopic (exact) mass is 880 g/mol. The molecule has 2 aliphatic rings. The second kappa shape index (κ2) is 21.3. The van der Waals surface area contributed by atoms with E-state index in [1.807, 2.05) is 59.5 Å². The first kappa shape index (κ1) is 44.9. The highest BCUT2D eigenvalue weighted by Gasteiger charge is 2.27. The molecule has 15 nitrogen and oxygen atoms in total. The van der Waals surface area contributed by atoms with Crippen molar-refractivity contribution in [3.63, 3.8) is 0 Å². The van der Waals surface area contributed by atoms with Crippen LogP contribution in [0.25, 0.3) is 22.0 Å². The Morgan fingerprint density at radius 3 is 2.37 bits per heavy atom. The zero-order chi connectivity index (χ0) is 44.3. The van der Waals surface area contributed by atoms with E-state index in [0.717, 1.165) is 24.2 Å². The van der Waals surface area contributed by atoms with Crippen molar-refractivity contribution in [3.05, 3.63) is 117 Å². The summed E-state index contributed by atoms with van der Waals surface area (Å²) < 4.78 is 16.9. The number of methoxy groups -OCH3 is 1. The number of benzene rings is 4. The molecule has 2 saturated heterocycles. The summed E-state index contributed by atoms with van der Waals surface area (Å²) in [5.74, 6) is 0.582. The molecule has 0 spiro atoms. The third-order valence-corrected chi connectivity index (χ3v) is 12.0. The van der Waals surface area contributed by atoms with Crippen LogP contribution < -0.4 is 26.2 Å². The maximum Gasteiger partial charge on any atom is 0.411 e. The number of piperidine rings is 2. The first-order valence-corrected chi connectivity index (χ1v) is 21.6. The number of carbonyl (C=O) groups is 3. The number of phenols is 1. The Kier molecular flexibility index (Phi) is 15.2. The summed E-state index contributed by atoms with van der Waals surface area (Å²) in [4.78, 5) is 57.2. The molecule has 5 aromatic rings. The molecule has 2 aliphatic heterocycles. The van der Waals surface area contributed by atoms with Crippen LogP contribution in [0, 0.1) is 5.92 Å². The molecule has 6 N–H and O–H groups in total. The summed E-state index contributed by atoms with van der Waals surface area (Å²) >= 11 is 6.56. The van der Waals surface area contributed by atoms with E-state index >= 15 is 0 Å². The lowest BCUT2D eigenvalue weighted by atomic mass is 9.97. The number of H-pyrrole nitrogens is 1. The van der Waals surface area contributed by atoms with Gasteiger partial charge in [-0.2, -0.15) is 0 Å². The number of amides is 3. The van der Waals surface area contributed by atoms with Gasteiger partial charge in [-0.15, -0.1) is 0 Å². The zero-order valence-corrected chi connectivity index (χ0v) is 35.9. The summed E-state index contributed by atoms with van der Waals surface area (Å²) in [6.07, 6.45) is 0.966. The number of hydrogen-bond acceptors (Lipinski definition) is 11. The van der Waals surface area contributed by atoms with Crippen LogP contribution in [0.1, 0.15) is 49.3 Å². The molecule has 16 heteroatoms. The molecule has 0 aliphatic carbocycles. The molecule has 2 fully saturated rings. The van der Waals surface area contributed by atoms with E-state index in [2.05, 4.69) is 25.8 Å². The van der Waals surface area contributed by atoms with Crippen LogP contribution in [-0.2, 0) is 20.8 Å². The Morgan fingerprint density at radius 1 is 0.873 bits per heavy atom. The Morgan fingerprint density at radius 2 is 1.60 bits per heavy atom. The summed E-state index contributed by atoms with van der Waals surface area (Å²) in [5, 5.41) is 30.7. The summed E-state index contributed by atoms with van der Waals surface area (Å²) in [6.45, 7) is 3.93. The van der Waals surface area contributed by atoms with Gasteiger partial charge in [-0.3, -0.25) is 20.2 Å². The van der Waals surface area contributed by atoms with Crippen LogP contribution in [-0.4, -0.2) is 102 Å². The fraction of sp³-hybridized carbons (Fsp3) is 0.362. The number of pyridine rings is 1. The normalized spacial score (nSPS) is 15.4. The third kappa shape index (κ3) is 11.9. The number of aliphatic hydroxyl groups is 1. The average molecular weight is 881 g/mol. The second-order valence-electron chi connectivity index (χ2n) is 15.9. The Labute approximate surface area is 370 Å². The van der Waals surface area contributed by atoms with Crippen molar-refractivity contribution in [2.75, 3.05) is 63.6 Å². The van der Waals surface area contributed by atoms with Crippen molar-refractivity contribution in [2.45, 2.75) is 50.9 Å². The molecule has 1 unspecified atom stereocenters. The van der Waals surface area contributed by atoms with E-state index in [4.69, 9.17) is 25.8 Å². The Bertz CT molecular complexity index is 2430. The standard InChI is InChI=1S/C47H53ClN6O9/c1-61-42-26-39(37(48)25-32(42)27-49-28-41(56)35-11-13-40(55)45-36(35)12-14-43(57)52-45)51-46(59)62-29-30-15-23-54(24-16-30)44(58)19-22-53-20-17-33(18-21-53)63-47(60)50-38-10-6-5-9-34(38)31-7-3-2-4-8-31/h2-14,25-26,30,33,41,49,55-56H,15-24,27-29H2,1H3,(H,50,60)(H,51,59)(H,52,57). The van der Waals surface area contributed by atoms with Crippen LogP contribution in [0.3, 0.4) is 0 Å². The number of anilines is 2. The lowest BCUT2D eigenvalue weighted by molar-refractivity contribution is -0.133. The van der Waals surface area contributed by atoms with Gasteiger partial charge in [-0.1, -0.05) is 66.2 Å². The highest BCUT2D eigenvalue weighted by atomic mass is 35.5. The smallest absolute Gasteiger partial charge is 0.411 e. The van der Waals surface area contributed by atoms with Crippen molar-refractivity contribution in [1.82, 2.24) is 20.1 Å². The number of likely N-dealkylation sites (tertiary alicyclic amines) is 2. The van der Waals surface area contributed by atoms with Crippen molar-refractivity contribution in [2.24, 2.45) is 5.92 Å². The summed E-state index contributed by atoms with van der Waals surface area (Å²) in [7, 11) is 1.50. The Balaban J connectivity index is 0.780. The van der Waals surface area contributed by atoms with Gasteiger partial charge in [0.15, 0.2) is 0 Å². The van der Waals surface area contributed by atoms with Gasteiger partial charge < -0.3 is 44.5 Å². The minimum absolute atomic E-state index is 0.0896. The van der Waals surface area contributed by atoms with E-state index in [1.165, 1.54) is 19.2 Å². The fourth-order valence-electron chi connectivity index (χ4n) is 8.13. The molecule has 1 atom stereocenters. The van der Waals surface area contributed by atoms with Gasteiger partial charge in [0.2, 0.25) is 11.5 Å². The number of nitrogens with one attached hydrogen (secondary N) is 4. The minimum Gasteiger partial charge on any atom is -0.506 e. The van der Waals surface area contributed by atoms with Crippen molar-refractivity contribution < 1.29 is 38.8 Å². The number of para-hydroxylation sites is 1. The van der Waals surface area contributed by atoms with Gasteiger partial charge in [-0.05, 0) is 67.0 Å². The van der Waals surface area contributed by atoms with Gasteiger partial charge in [0.1, 0.15) is 17.6 Å².